The largest absolute Gasteiger partial charge is 0.388 e. The number of aliphatic hydroxyl groups is 1. The first kappa shape index (κ1) is 15.6. The minimum Gasteiger partial charge on any atom is -0.388 e. The third kappa shape index (κ3) is 3.64. The first-order valence-electron chi connectivity index (χ1n) is 7.56. The van der Waals surface area contributed by atoms with Gasteiger partial charge in [-0.25, -0.2) is 0 Å². The van der Waals surface area contributed by atoms with E-state index in [-0.39, 0.29) is 0 Å². The van der Waals surface area contributed by atoms with E-state index in [9.17, 15) is 5.11 Å². The Balaban J connectivity index is 2.19. The van der Waals surface area contributed by atoms with Crippen molar-refractivity contribution in [2.24, 2.45) is 0 Å². The Hall–Kier alpha value is -1.81. The van der Waals surface area contributed by atoms with Crippen LogP contribution in [0, 0.1) is 0 Å². The molecule has 0 aliphatic heterocycles. The van der Waals surface area contributed by atoms with E-state index in [1.54, 1.807) is 0 Å². The van der Waals surface area contributed by atoms with Gasteiger partial charge in [-0.15, -0.1) is 0 Å². The van der Waals surface area contributed by atoms with E-state index in [4.69, 9.17) is 0 Å². The molecule has 4 heteroatoms. The summed E-state index contributed by atoms with van der Waals surface area (Å²) in [7, 11) is 4.01. The monoisotopic (exact) mass is 287 g/mol. The van der Waals surface area contributed by atoms with Gasteiger partial charge in [0.05, 0.1) is 11.8 Å². The number of hydrogen-bond acceptors (Lipinski definition) is 3. The highest BCUT2D eigenvalue weighted by molar-refractivity contribution is 5.47. The van der Waals surface area contributed by atoms with Crippen LogP contribution < -0.4 is 4.90 Å². The van der Waals surface area contributed by atoms with Crippen LogP contribution in [0.25, 0.3) is 0 Å². The molecule has 0 amide bonds. The maximum atomic E-state index is 10.5. The fourth-order valence-electron chi connectivity index (χ4n) is 2.45. The summed E-state index contributed by atoms with van der Waals surface area (Å²) in [6, 6.07) is 10.1. The molecule has 1 aromatic heterocycles. The Kier molecular flexibility index (Phi) is 5.02. The molecule has 0 aliphatic carbocycles. The van der Waals surface area contributed by atoms with Crippen LogP contribution >= 0.6 is 0 Å². The second kappa shape index (κ2) is 6.76. The van der Waals surface area contributed by atoms with Crippen molar-refractivity contribution in [3.63, 3.8) is 0 Å². The number of aliphatic hydroxyl groups excluding tert-OH is 1. The molecule has 2 aromatic rings. The average molecular weight is 287 g/mol. The van der Waals surface area contributed by atoms with E-state index >= 15 is 0 Å². The SMILES string of the molecule is CCc1cc(CC(O)c2cccc(N(C)C)c2)n(CC)n1. The molecule has 0 radical (unpaired) electrons. The molecule has 1 atom stereocenters. The summed E-state index contributed by atoms with van der Waals surface area (Å²) < 4.78 is 1.98. The lowest BCUT2D eigenvalue weighted by Crippen LogP contribution is -2.11. The number of nitrogens with zero attached hydrogens (tertiary/aromatic N) is 3. The standard InChI is InChI=1S/C17H25N3O/c1-5-14-11-16(20(6-2)18-14)12-17(21)13-8-7-9-15(10-13)19(3)4/h7-11,17,21H,5-6,12H2,1-4H3. The molecule has 0 fully saturated rings. The fourth-order valence-corrected chi connectivity index (χ4v) is 2.45. The summed E-state index contributed by atoms with van der Waals surface area (Å²) in [5.41, 5.74) is 4.23. The molecule has 1 unspecified atom stereocenters. The molecule has 1 aromatic carbocycles. The normalized spacial score (nSPS) is 12.4. The Morgan fingerprint density at radius 2 is 2.00 bits per heavy atom. The van der Waals surface area contributed by atoms with Crippen LogP contribution in [0.2, 0.25) is 0 Å². The molecule has 1 heterocycles. The van der Waals surface area contributed by atoms with Crippen LogP contribution in [-0.2, 0) is 19.4 Å². The van der Waals surface area contributed by atoms with Crippen LogP contribution in [-0.4, -0.2) is 29.0 Å². The van der Waals surface area contributed by atoms with Gasteiger partial charge in [0.1, 0.15) is 0 Å². The summed E-state index contributed by atoms with van der Waals surface area (Å²) in [5.74, 6) is 0. The van der Waals surface area contributed by atoms with Gasteiger partial charge in [0.15, 0.2) is 0 Å². The number of rotatable bonds is 6. The number of aryl methyl sites for hydroxylation is 2. The van der Waals surface area contributed by atoms with Gasteiger partial charge >= 0.3 is 0 Å². The number of aromatic nitrogens is 2. The predicted octanol–water partition coefficient (Wildman–Crippen LogP) is 2.81. The second-order valence-electron chi connectivity index (χ2n) is 5.51. The van der Waals surface area contributed by atoms with E-state index in [0.717, 1.165) is 35.6 Å². The van der Waals surface area contributed by atoms with Crippen LogP contribution in [0.4, 0.5) is 5.69 Å². The smallest absolute Gasteiger partial charge is 0.0846 e. The van der Waals surface area contributed by atoms with Gasteiger partial charge in [-0.05, 0) is 37.1 Å². The zero-order valence-electron chi connectivity index (χ0n) is 13.4. The highest BCUT2D eigenvalue weighted by Crippen LogP contribution is 2.23. The van der Waals surface area contributed by atoms with E-state index in [0.29, 0.717) is 6.42 Å². The van der Waals surface area contributed by atoms with E-state index in [1.807, 2.05) is 47.9 Å². The van der Waals surface area contributed by atoms with Gasteiger partial charge in [-0.2, -0.15) is 5.10 Å². The molecular formula is C17H25N3O. The van der Waals surface area contributed by atoms with Crippen molar-refractivity contribution in [2.75, 3.05) is 19.0 Å². The van der Waals surface area contributed by atoms with Crippen LogP contribution in [0.3, 0.4) is 0 Å². The van der Waals surface area contributed by atoms with Crippen molar-refractivity contribution in [1.29, 1.82) is 0 Å². The first-order chi connectivity index (χ1) is 10.0. The Bertz CT molecular complexity index is 589. The van der Waals surface area contributed by atoms with Gasteiger partial charge < -0.3 is 10.0 Å². The molecule has 0 saturated carbocycles. The molecule has 2 rings (SSSR count). The lowest BCUT2D eigenvalue weighted by molar-refractivity contribution is 0.175. The van der Waals surface area contributed by atoms with Gasteiger partial charge in [-0.1, -0.05) is 19.1 Å². The predicted molar refractivity (Wildman–Crippen MR) is 86.7 cm³/mol. The third-order valence-electron chi connectivity index (χ3n) is 3.75. The second-order valence-corrected chi connectivity index (χ2v) is 5.51. The topological polar surface area (TPSA) is 41.3 Å². The molecule has 0 bridgehead atoms. The van der Waals surface area contributed by atoms with Crippen molar-refractivity contribution in [1.82, 2.24) is 9.78 Å². The number of benzene rings is 1. The van der Waals surface area contributed by atoms with Gasteiger partial charge in [0.25, 0.3) is 0 Å². The average Bonchev–Trinajstić information content (AvgIpc) is 2.89. The molecule has 4 nitrogen and oxygen atoms in total. The van der Waals surface area contributed by atoms with Gasteiger partial charge in [-0.3, -0.25) is 4.68 Å². The lowest BCUT2D eigenvalue weighted by Gasteiger charge is -2.16. The first-order valence-corrected chi connectivity index (χ1v) is 7.56. The number of hydrogen-bond donors (Lipinski definition) is 1. The van der Waals surface area contributed by atoms with Crippen molar-refractivity contribution in [3.05, 3.63) is 47.3 Å². The zero-order valence-corrected chi connectivity index (χ0v) is 13.4. The Morgan fingerprint density at radius 1 is 1.24 bits per heavy atom. The molecular weight excluding hydrogens is 262 g/mol. The van der Waals surface area contributed by atoms with Crippen molar-refractivity contribution < 1.29 is 5.11 Å². The zero-order chi connectivity index (χ0) is 15.4. The highest BCUT2D eigenvalue weighted by atomic mass is 16.3. The molecule has 114 valence electrons. The van der Waals surface area contributed by atoms with Crippen LogP contribution in [0.15, 0.2) is 30.3 Å². The summed E-state index contributed by atoms with van der Waals surface area (Å²) in [5, 5.41) is 15.1. The van der Waals surface area contributed by atoms with Crippen molar-refractivity contribution >= 4 is 5.69 Å². The quantitative estimate of drug-likeness (QED) is 0.888. The highest BCUT2D eigenvalue weighted by Gasteiger charge is 2.14. The van der Waals surface area contributed by atoms with Crippen molar-refractivity contribution in [3.8, 4) is 0 Å². The maximum Gasteiger partial charge on any atom is 0.0846 e. The van der Waals surface area contributed by atoms with E-state index in [1.165, 1.54) is 0 Å². The van der Waals surface area contributed by atoms with Gasteiger partial charge in [0.2, 0.25) is 0 Å². The molecule has 1 N–H and O–H groups in total. The minimum absolute atomic E-state index is 0.503. The molecule has 0 aliphatic rings. The van der Waals surface area contributed by atoms with Crippen LogP contribution in [0.5, 0.6) is 0 Å². The lowest BCUT2D eigenvalue weighted by atomic mass is 10.0. The molecule has 0 saturated heterocycles. The maximum absolute atomic E-state index is 10.5. The van der Waals surface area contributed by atoms with Crippen molar-refractivity contribution in [2.45, 2.75) is 39.3 Å². The third-order valence-corrected chi connectivity index (χ3v) is 3.75. The summed E-state index contributed by atoms with van der Waals surface area (Å²) in [6.45, 7) is 5.01. The fraction of sp³-hybridized carbons (Fsp3) is 0.471. The Morgan fingerprint density at radius 3 is 2.62 bits per heavy atom. The van der Waals surface area contributed by atoms with E-state index < -0.39 is 6.10 Å². The van der Waals surface area contributed by atoms with E-state index in [2.05, 4.69) is 25.0 Å². The Labute approximate surface area is 127 Å². The molecule has 21 heavy (non-hydrogen) atoms. The summed E-state index contributed by atoms with van der Waals surface area (Å²) >= 11 is 0. The van der Waals surface area contributed by atoms with Crippen LogP contribution in [0.1, 0.15) is 36.9 Å². The summed E-state index contributed by atoms with van der Waals surface area (Å²) in [6.07, 6.45) is 1.01. The summed E-state index contributed by atoms with van der Waals surface area (Å²) in [4.78, 5) is 2.04. The number of anilines is 1. The molecule has 0 spiro atoms. The minimum atomic E-state index is -0.503. The van der Waals surface area contributed by atoms with Gasteiger partial charge in [0, 0.05) is 38.4 Å².